The Labute approximate surface area is 149 Å². The zero-order valence-electron chi connectivity index (χ0n) is 14.1. The second-order valence-electron chi connectivity index (χ2n) is 6.22. The highest BCUT2D eigenvalue weighted by atomic mass is 32.2. The Morgan fingerprint density at radius 1 is 1.42 bits per heavy atom. The Bertz CT molecular complexity index is 770. The maximum atomic E-state index is 12.7. The number of amides is 2. The van der Waals surface area contributed by atoms with E-state index in [-0.39, 0.29) is 42.7 Å². The molecule has 0 unspecified atom stereocenters. The standard InChI is InChI=1S/C14H20F3N5O3S/c1-9-6-11(14(15,16)17)21-12(20-9)2-4-19-13(23)22-5-3-10(7-22)8-26(18,24)25/h6,10H,2-5,7-8H2,1H3,(H,19,23)(H2,18,24,25)/t10-/m1/s1. The number of halogens is 3. The van der Waals surface area contributed by atoms with Gasteiger partial charge in [-0.25, -0.2) is 28.3 Å². The first-order valence-electron chi connectivity index (χ1n) is 7.89. The summed E-state index contributed by atoms with van der Waals surface area (Å²) in [4.78, 5) is 20.9. The number of sulfonamides is 1. The van der Waals surface area contributed by atoms with Gasteiger partial charge in [0.05, 0.1) is 5.75 Å². The van der Waals surface area contributed by atoms with Gasteiger partial charge in [-0.2, -0.15) is 13.2 Å². The first kappa shape index (κ1) is 20.4. The van der Waals surface area contributed by atoms with Crippen LogP contribution in [-0.4, -0.2) is 54.7 Å². The van der Waals surface area contributed by atoms with E-state index in [4.69, 9.17) is 5.14 Å². The van der Waals surface area contributed by atoms with Crippen LogP contribution in [0.25, 0.3) is 0 Å². The highest BCUT2D eigenvalue weighted by molar-refractivity contribution is 7.89. The van der Waals surface area contributed by atoms with Crippen molar-refractivity contribution in [3.05, 3.63) is 23.3 Å². The highest BCUT2D eigenvalue weighted by Gasteiger charge is 2.33. The topological polar surface area (TPSA) is 118 Å². The number of carbonyl (C=O) groups is 1. The minimum absolute atomic E-state index is 0.00820. The van der Waals surface area contributed by atoms with Gasteiger partial charge < -0.3 is 10.2 Å². The van der Waals surface area contributed by atoms with Crippen molar-refractivity contribution in [3.8, 4) is 0 Å². The summed E-state index contributed by atoms with van der Waals surface area (Å²) in [5.74, 6) is -0.412. The van der Waals surface area contributed by atoms with E-state index < -0.39 is 27.9 Å². The van der Waals surface area contributed by atoms with Crippen LogP contribution in [0.1, 0.15) is 23.6 Å². The molecule has 1 atom stereocenters. The predicted molar refractivity (Wildman–Crippen MR) is 86.5 cm³/mol. The third-order valence-corrected chi connectivity index (χ3v) is 4.79. The molecule has 0 radical (unpaired) electrons. The van der Waals surface area contributed by atoms with Crippen molar-refractivity contribution >= 4 is 16.1 Å². The minimum Gasteiger partial charge on any atom is -0.338 e. The van der Waals surface area contributed by atoms with Gasteiger partial charge in [-0.05, 0) is 25.3 Å². The fraction of sp³-hybridized carbons (Fsp3) is 0.643. The molecule has 12 heteroatoms. The maximum Gasteiger partial charge on any atom is 0.433 e. The lowest BCUT2D eigenvalue weighted by Gasteiger charge is -2.17. The number of nitrogens with zero attached hydrogens (tertiary/aromatic N) is 3. The number of hydrogen-bond donors (Lipinski definition) is 2. The van der Waals surface area contributed by atoms with Gasteiger partial charge in [0, 0.05) is 31.7 Å². The lowest BCUT2D eigenvalue weighted by molar-refractivity contribution is -0.141. The lowest BCUT2D eigenvalue weighted by atomic mass is 10.2. The molecule has 0 bridgehead atoms. The average Bonchev–Trinajstić information content (AvgIpc) is 2.92. The van der Waals surface area contributed by atoms with Crippen LogP contribution in [0, 0.1) is 12.8 Å². The molecular weight excluding hydrogens is 375 g/mol. The van der Waals surface area contributed by atoms with Crippen LogP contribution in [-0.2, 0) is 22.6 Å². The molecule has 2 heterocycles. The average molecular weight is 395 g/mol. The van der Waals surface area contributed by atoms with Gasteiger partial charge in [-0.3, -0.25) is 0 Å². The summed E-state index contributed by atoms with van der Waals surface area (Å²) in [6.07, 6.45) is -3.98. The Hall–Kier alpha value is -1.95. The molecule has 1 aromatic rings. The third-order valence-electron chi connectivity index (χ3n) is 3.86. The molecule has 0 saturated carbocycles. The molecule has 0 aliphatic carbocycles. The number of likely N-dealkylation sites (tertiary alicyclic amines) is 1. The fourth-order valence-corrected chi connectivity index (χ4v) is 3.69. The zero-order chi connectivity index (χ0) is 19.5. The molecular formula is C14H20F3N5O3S. The van der Waals surface area contributed by atoms with Crippen molar-refractivity contribution in [1.29, 1.82) is 0 Å². The van der Waals surface area contributed by atoms with Gasteiger partial charge in [0.15, 0.2) is 0 Å². The monoisotopic (exact) mass is 395 g/mol. The zero-order valence-corrected chi connectivity index (χ0v) is 14.9. The summed E-state index contributed by atoms with van der Waals surface area (Å²) in [5.41, 5.74) is -0.823. The van der Waals surface area contributed by atoms with E-state index in [1.54, 1.807) is 0 Å². The maximum absolute atomic E-state index is 12.7. The molecule has 0 spiro atoms. The summed E-state index contributed by atoms with van der Waals surface area (Å²) in [6.45, 7) is 2.16. The molecule has 8 nitrogen and oxygen atoms in total. The van der Waals surface area contributed by atoms with E-state index in [1.807, 2.05) is 0 Å². The lowest BCUT2D eigenvalue weighted by Crippen LogP contribution is -2.40. The van der Waals surface area contributed by atoms with Crippen molar-refractivity contribution in [2.24, 2.45) is 11.1 Å². The van der Waals surface area contributed by atoms with E-state index in [0.717, 1.165) is 6.07 Å². The number of primary sulfonamides is 1. The van der Waals surface area contributed by atoms with Gasteiger partial charge in [-0.15, -0.1) is 0 Å². The second kappa shape index (κ2) is 7.74. The molecule has 1 saturated heterocycles. The summed E-state index contributed by atoms with van der Waals surface area (Å²) >= 11 is 0. The number of nitrogens with one attached hydrogen (secondary N) is 1. The van der Waals surface area contributed by atoms with Crippen LogP contribution >= 0.6 is 0 Å². The third kappa shape index (κ3) is 6.09. The Kier molecular flexibility index (Phi) is 6.06. The van der Waals surface area contributed by atoms with Gasteiger partial charge >= 0.3 is 12.2 Å². The van der Waals surface area contributed by atoms with E-state index in [1.165, 1.54) is 11.8 Å². The smallest absolute Gasteiger partial charge is 0.338 e. The molecule has 3 N–H and O–H groups in total. The van der Waals surface area contributed by atoms with Gasteiger partial charge in [0.1, 0.15) is 11.5 Å². The number of aryl methyl sites for hydroxylation is 1. The Morgan fingerprint density at radius 3 is 2.73 bits per heavy atom. The van der Waals surface area contributed by atoms with Crippen LogP contribution < -0.4 is 10.5 Å². The molecule has 26 heavy (non-hydrogen) atoms. The Morgan fingerprint density at radius 2 is 2.12 bits per heavy atom. The quantitative estimate of drug-likeness (QED) is 0.760. The normalized spacial score (nSPS) is 18.2. The van der Waals surface area contributed by atoms with E-state index in [2.05, 4.69) is 15.3 Å². The largest absolute Gasteiger partial charge is 0.433 e. The van der Waals surface area contributed by atoms with Crippen LogP contribution in [0.3, 0.4) is 0 Å². The predicted octanol–water partition coefficient (Wildman–Crippen LogP) is 0.666. The molecule has 2 rings (SSSR count). The van der Waals surface area contributed by atoms with Crippen molar-refractivity contribution in [3.63, 3.8) is 0 Å². The van der Waals surface area contributed by atoms with Crippen LogP contribution in [0.2, 0.25) is 0 Å². The molecule has 1 fully saturated rings. The summed E-state index contributed by atoms with van der Waals surface area (Å²) < 4.78 is 60.4. The molecule has 1 aliphatic rings. The fourth-order valence-electron chi connectivity index (χ4n) is 2.76. The number of rotatable bonds is 5. The molecule has 2 amide bonds. The van der Waals surface area contributed by atoms with Crippen molar-refractivity contribution in [2.45, 2.75) is 25.9 Å². The first-order chi connectivity index (χ1) is 11.9. The number of urea groups is 1. The molecule has 0 aromatic carbocycles. The Balaban J connectivity index is 1.85. The van der Waals surface area contributed by atoms with Crippen molar-refractivity contribution in [1.82, 2.24) is 20.2 Å². The highest BCUT2D eigenvalue weighted by Crippen LogP contribution is 2.27. The van der Waals surface area contributed by atoms with E-state index in [0.29, 0.717) is 13.0 Å². The summed E-state index contributed by atoms with van der Waals surface area (Å²) in [6, 6.07) is 0.448. The number of nitrogens with two attached hydrogens (primary N) is 1. The molecule has 1 aromatic heterocycles. The van der Waals surface area contributed by atoms with E-state index in [9.17, 15) is 26.4 Å². The van der Waals surface area contributed by atoms with Gasteiger partial charge in [0.25, 0.3) is 0 Å². The van der Waals surface area contributed by atoms with Gasteiger partial charge in [0.2, 0.25) is 10.0 Å². The second-order valence-corrected chi connectivity index (χ2v) is 7.88. The molecule has 1 aliphatic heterocycles. The van der Waals surface area contributed by atoms with Crippen molar-refractivity contribution in [2.75, 3.05) is 25.4 Å². The SMILES string of the molecule is Cc1cc(C(F)(F)F)nc(CCNC(=O)N2CC[C@@H](CS(N)(=O)=O)C2)n1. The minimum atomic E-state index is -4.56. The van der Waals surface area contributed by atoms with Crippen LogP contribution in [0.15, 0.2) is 6.07 Å². The summed E-state index contributed by atoms with van der Waals surface area (Å²) in [7, 11) is -3.60. The summed E-state index contributed by atoms with van der Waals surface area (Å²) in [5, 5.41) is 7.57. The molecule has 146 valence electrons. The van der Waals surface area contributed by atoms with Gasteiger partial charge in [-0.1, -0.05) is 0 Å². The number of aromatic nitrogens is 2. The van der Waals surface area contributed by atoms with Crippen LogP contribution in [0.4, 0.5) is 18.0 Å². The van der Waals surface area contributed by atoms with Crippen molar-refractivity contribution < 1.29 is 26.4 Å². The first-order valence-corrected chi connectivity index (χ1v) is 9.60. The number of alkyl halides is 3. The number of carbonyl (C=O) groups excluding carboxylic acids is 1. The number of hydrogen-bond acceptors (Lipinski definition) is 5. The van der Waals surface area contributed by atoms with Crippen LogP contribution in [0.5, 0.6) is 0 Å². The van der Waals surface area contributed by atoms with E-state index >= 15 is 0 Å².